The van der Waals surface area contributed by atoms with Crippen molar-refractivity contribution in [3.8, 4) is 0 Å². The predicted molar refractivity (Wildman–Crippen MR) is 64.0 cm³/mol. The van der Waals surface area contributed by atoms with Crippen LogP contribution in [0.25, 0.3) is 0 Å². The number of nitrogen functional groups attached to an aromatic ring is 1. The minimum Gasteiger partial charge on any atom is -0.396 e. The van der Waals surface area contributed by atoms with Crippen LogP contribution in [0.5, 0.6) is 0 Å². The Balaban J connectivity index is 2.12. The molecule has 1 rings (SSSR count). The zero-order valence-corrected chi connectivity index (χ0v) is 9.33. The average Bonchev–Trinajstić information content (AvgIpc) is 2.25. The molecule has 0 aliphatic heterocycles. The van der Waals surface area contributed by atoms with Crippen molar-refractivity contribution in [2.45, 2.75) is 6.42 Å². The van der Waals surface area contributed by atoms with E-state index in [1.54, 1.807) is 18.0 Å². The van der Waals surface area contributed by atoms with Gasteiger partial charge in [-0.3, -0.25) is 0 Å². The summed E-state index contributed by atoms with van der Waals surface area (Å²) >= 11 is 1.80. The summed E-state index contributed by atoms with van der Waals surface area (Å²) in [6, 6.07) is 0. The molecule has 15 heavy (non-hydrogen) atoms. The van der Waals surface area contributed by atoms with Gasteiger partial charge in [0.25, 0.3) is 0 Å². The molecule has 5 nitrogen and oxygen atoms in total. The summed E-state index contributed by atoms with van der Waals surface area (Å²) in [7, 11) is 0. The van der Waals surface area contributed by atoms with Crippen LogP contribution < -0.4 is 11.1 Å². The van der Waals surface area contributed by atoms with E-state index in [9.17, 15) is 0 Å². The molecule has 0 saturated carbocycles. The lowest BCUT2D eigenvalue weighted by molar-refractivity contribution is 0.296. The van der Waals surface area contributed by atoms with Crippen molar-refractivity contribution in [1.82, 2.24) is 9.97 Å². The van der Waals surface area contributed by atoms with Gasteiger partial charge in [-0.15, -0.1) is 0 Å². The third-order valence-corrected chi connectivity index (χ3v) is 2.80. The molecule has 0 atom stereocenters. The first-order chi connectivity index (χ1) is 7.34. The topological polar surface area (TPSA) is 84.1 Å². The molecule has 0 aromatic carbocycles. The fourth-order valence-electron chi connectivity index (χ4n) is 0.998. The van der Waals surface area contributed by atoms with Crippen LogP contribution in [0.3, 0.4) is 0 Å². The second kappa shape index (κ2) is 7.30. The molecule has 0 radical (unpaired) electrons. The Kier molecular flexibility index (Phi) is 5.87. The van der Waals surface area contributed by atoms with Crippen LogP contribution in [0.1, 0.15) is 6.42 Å². The number of rotatable bonds is 7. The predicted octanol–water partition coefficient (Wildman–Crippen LogP) is 0.586. The first-order valence-electron chi connectivity index (χ1n) is 4.82. The van der Waals surface area contributed by atoms with Crippen molar-refractivity contribution in [2.24, 2.45) is 0 Å². The fourth-order valence-corrected chi connectivity index (χ4v) is 1.78. The molecule has 1 aromatic rings. The highest BCUT2D eigenvalue weighted by Gasteiger charge is 1.97. The molecule has 0 aliphatic carbocycles. The first kappa shape index (κ1) is 12.1. The van der Waals surface area contributed by atoms with Gasteiger partial charge in [0.05, 0.1) is 11.9 Å². The van der Waals surface area contributed by atoms with E-state index in [2.05, 4.69) is 15.3 Å². The van der Waals surface area contributed by atoms with Crippen molar-refractivity contribution < 1.29 is 5.11 Å². The van der Waals surface area contributed by atoms with Gasteiger partial charge in [-0.2, -0.15) is 11.8 Å². The zero-order chi connectivity index (χ0) is 10.9. The number of hydrogen-bond acceptors (Lipinski definition) is 6. The molecular formula is C9H16N4OS. The lowest BCUT2D eigenvalue weighted by Gasteiger charge is -2.06. The maximum atomic E-state index is 8.57. The molecule has 0 bridgehead atoms. The number of nitrogens with one attached hydrogen (secondary N) is 1. The van der Waals surface area contributed by atoms with Crippen LogP contribution >= 0.6 is 11.8 Å². The Morgan fingerprint density at radius 2 is 2.33 bits per heavy atom. The van der Waals surface area contributed by atoms with Gasteiger partial charge in [0.1, 0.15) is 6.33 Å². The van der Waals surface area contributed by atoms with E-state index in [1.807, 2.05) is 0 Å². The Morgan fingerprint density at radius 3 is 3.07 bits per heavy atom. The highest BCUT2D eigenvalue weighted by atomic mass is 32.2. The van der Waals surface area contributed by atoms with Crippen molar-refractivity contribution in [3.63, 3.8) is 0 Å². The van der Waals surface area contributed by atoms with Crippen molar-refractivity contribution >= 4 is 23.3 Å². The van der Waals surface area contributed by atoms with Crippen molar-refractivity contribution in [2.75, 3.05) is 35.7 Å². The summed E-state index contributed by atoms with van der Waals surface area (Å²) in [4.78, 5) is 7.82. The van der Waals surface area contributed by atoms with Gasteiger partial charge < -0.3 is 16.2 Å². The molecule has 84 valence electrons. The van der Waals surface area contributed by atoms with E-state index in [0.717, 1.165) is 24.5 Å². The number of nitrogens with two attached hydrogens (primary N) is 1. The minimum atomic E-state index is 0.263. The smallest absolute Gasteiger partial charge is 0.152 e. The van der Waals surface area contributed by atoms with E-state index in [1.165, 1.54) is 6.33 Å². The largest absolute Gasteiger partial charge is 0.396 e. The fraction of sp³-hybridized carbons (Fsp3) is 0.556. The van der Waals surface area contributed by atoms with E-state index >= 15 is 0 Å². The van der Waals surface area contributed by atoms with Gasteiger partial charge in [0.2, 0.25) is 0 Å². The summed E-state index contributed by atoms with van der Waals surface area (Å²) in [6.45, 7) is 1.08. The summed E-state index contributed by atoms with van der Waals surface area (Å²) in [5.74, 6) is 2.65. The number of hydrogen-bond donors (Lipinski definition) is 3. The standard InChI is InChI=1S/C9H16N4OS/c10-8-6-11-7-13-9(8)12-2-5-15-4-1-3-14/h6-7,14H,1-5,10H2,(H,11,12,13). The molecule has 6 heteroatoms. The Labute approximate surface area is 93.5 Å². The summed E-state index contributed by atoms with van der Waals surface area (Å²) < 4.78 is 0. The molecule has 0 amide bonds. The van der Waals surface area contributed by atoms with Crippen LogP contribution in [0.15, 0.2) is 12.5 Å². The molecule has 0 aliphatic rings. The third kappa shape index (κ3) is 4.85. The van der Waals surface area contributed by atoms with Crippen LogP contribution in [-0.2, 0) is 0 Å². The van der Waals surface area contributed by atoms with Gasteiger partial charge in [-0.1, -0.05) is 0 Å². The Morgan fingerprint density at radius 1 is 1.47 bits per heavy atom. The van der Waals surface area contributed by atoms with Crippen LogP contribution in [0.4, 0.5) is 11.5 Å². The quantitative estimate of drug-likeness (QED) is 0.592. The number of nitrogens with zero attached hydrogens (tertiary/aromatic N) is 2. The van der Waals surface area contributed by atoms with E-state index in [-0.39, 0.29) is 6.61 Å². The minimum absolute atomic E-state index is 0.263. The Bertz CT molecular complexity index is 285. The number of aromatic nitrogens is 2. The normalized spacial score (nSPS) is 10.2. The summed E-state index contributed by atoms with van der Waals surface area (Å²) in [5.41, 5.74) is 6.22. The molecule has 1 aromatic heterocycles. The van der Waals surface area contributed by atoms with Crippen LogP contribution in [0, 0.1) is 0 Å². The van der Waals surface area contributed by atoms with Crippen LogP contribution in [0.2, 0.25) is 0 Å². The lowest BCUT2D eigenvalue weighted by Crippen LogP contribution is -2.08. The Hall–Kier alpha value is -1.01. The zero-order valence-electron chi connectivity index (χ0n) is 8.52. The number of aliphatic hydroxyl groups excluding tert-OH is 1. The van der Waals surface area contributed by atoms with Gasteiger partial charge in [-0.05, 0) is 12.2 Å². The molecule has 0 spiro atoms. The number of thioether (sulfide) groups is 1. The number of anilines is 2. The first-order valence-corrected chi connectivity index (χ1v) is 5.98. The summed E-state index contributed by atoms with van der Waals surface area (Å²) in [5, 5.41) is 11.7. The molecule has 0 saturated heterocycles. The lowest BCUT2D eigenvalue weighted by atomic mass is 10.5. The maximum absolute atomic E-state index is 8.57. The van der Waals surface area contributed by atoms with Gasteiger partial charge in [-0.25, -0.2) is 9.97 Å². The second-order valence-electron chi connectivity index (χ2n) is 2.94. The average molecular weight is 228 g/mol. The molecule has 1 heterocycles. The highest BCUT2D eigenvalue weighted by molar-refractivity contribution is 7.99. The highest BCUT2D eigenvalue weighted by Crippen LogP contribution is 2.11. The second-order valence-corrected chi connectivity index (χ2v) is 4.17. The van der Waals surface area contributed by atoms with Crippen molar-refractivity contribution in [1.29, 1.82) is 0 Å². The molecule has 4 N–H and O–H groups in total. The SMILES string of the molecule is Nc1cncnc1NCCSCCCO. The van der Waals surface area contributed by atoms with E-state index < -0.39 is 0 Å². The van der Waals surface area contributed by atoms with E-state index in [4.69, 9.17) is 10.8 Å². The van der Waals surface area contributed by atoms with Gasteiger partial charge >= 0.3 is 0 Å². The van der Waals surface area contributed by atoms with Gasteiger partial charge in [0, 0.05) is 18.9 Å². The number of aliphatic hydroxyl groups is 1. The van der Waals surface area contributed by atoms with Crippen molar-refractivity contribution in [3.05, 3.63) is 12.5 Å². The molecular weight excluding hydrogens is 212 g/mol. The van der Waals surface area contributed by atoms with Gasteiger partial charge in [0.15, 0.2) is 5.82 Å². The molecule has 0 unspecified atom stereocenters. The van der Waals surface area contributed by atoms with E-state index in [0.29, 0.717) is 11.5 Å². The summed E-state index contributed by atoms with van der Waals surface area (Å²) in [6.07, 6.45) is 3.89. The molecule has 0 fully saturated rings. The maximum Gasteiger partial charge on any atom is 0.152 e. The van der Waals surface area contributed by atoms with Crippen LogP contribution in [-0.4, -0.2) is 39.7 Å². The third-order valence-electron chi connectivity index (χ3n) is 1.73. The monoisotopic (exact) mass is 228 g/mol.